The van der Waals surface area contributed by atoms with E-state index in [0.29, 0.717) is 5.57 Å². The van der Waals surface area contributed by atoms with Gasteiger partial charge in [0.25, 0.3) is 0 Å². The van der Waals surface area contributed by atoms with E-state index in [4.69, 9.17) is 5.26 Å². The Bertz CT molecular complexity index is 201. The number of hydrogen-bond acceptors (Lipinski definition) is 3. The fourth-order valence-corrected chi connectivity index (χ4v) is 0.162. The third-order valence-electron chi connectivity index (χ3n) is 0.953. The lowest BCUT2D eigenvalue weighted by Gasteiger charge is -1.83. The fourth-order valence-electron chi connectivity index (χ4n) is 0.162. The van der Waals surface area contributed by atoms with Crippen LogP contribution in [0.2, 0.25) is 0 Å². The second kappa shape index (κ2) is 9.44. The average Bonchev–Trinajstić information content (AvgIpc) is 2.16. The second-order valence-electron chi connectivity index (χ2n) is 1.80. The van der Waals surface area contributed by atoms with Gasteiger partial charge in [0.2, 0.25) is 0 Å². The first-order valence-electron chi connectivity index (χ1n) is 3.40. The van der Waals surface area contributed by atoms with Crippen LogP contribution in [0.15, 0.2) is 24.8 Å². The summed E-state index contributed by atoms with van der Waals surface area (Å²) < 4.78 is 4.14. The molecule has 0 aromatic rings. The number of esters is 1. The van der Waals surface area contributed by atoms with Gasteiger partial charge in [0.1, 0.15) is 0 Å². The van der Waals surface area contributed by atoms with E-state index >= 15 is 0 Å². The highest BCUT2D eigenvalue weighted by Gasteiger charge is 1.81. The second-order valence-corrected chi connectivity index (χ2v) is 1.80. The molecule has 0 heterocycles. The highest BCUT2D eigenvalue weighted by atomic mass is 16.5. The number of carbonyl (C=O) groups excluding carboxylic acids is 1. The molecule has 0 radical (unpaired) electrons. The molecular weight excluding hydrogens is 154 g/mol. The summed E-state index contributed by atoms with van der Waals surface area (Å²) in [6, 6.07) is 1.92. The van der Waals surface area contributed by atoms with E-state index in [1.165, 1.54) is 7.11 Å². The molecule has 0 rings (SSSR count). The van der Waals surface area contributed by atoms with E-state index in [-0.39, 0.29) is 0 Å². The fraction of sp³-hybridized carbons (Fsp3) is 0.333. The van der Waals surface area contributed by atoms with Crippen LogP contribution in [0.25, 0.3) is 0 Å². The van der Waals surface area contributed by atoms with Crippen LogP contribution in [0.5, 0.6) is 0 Å². The first-order chi connectivity index (χ1) is 5.62. The van der Waals surface area contributed by atoms with Gasteiger partial charge in [-0.05, 0) is 6.42 Å². The van der Waals surface area contributed by atoms with Crippen molar-refractivity contribution in [3.8, 4) is 6.07 Å². The number of methoxy groups -OCH3 is 1. The van der Waals surface area contributed by atoms with Gasteiger partial charge in [-0.15, -0.1) is 0 Å². The number of ether oxygens (including phenoxy) is 1. The van der Waals surface area contributed by atoms with Crippen molar-refractivity contribution >= 4 is 5.97 Å². The van der Waals surface area contributed by atoms with Crippen molar-refractivity contribution in [1.29, 1.82) is 5.26 Å². The molecule has 0 bridgehead atoms. The first kappa shape index (κ1) is 13.1. The maximum Gasteiger partial charge on any atom is 0.329 e. The minimum Gasteiger partial charge on any atom is -0.466 e. The van der Waals surface area contributed by atoms with Gasteiger partial charge in [-0.2, -0.15) is 5.26 Å². The maximum atomic E-state index is 9.84. The lowest BCUT2D eigenvalue weighted by molar-refractivity contribution is -0.134. The molecular formula is C9H13NO2. The topological polar surface area (TPSA) is 50.1 Å². The van der Waals surface area contributed by atoms with E-state index in [9.17, 15) is 4.79 Å². The molecule has 0 aromatic heterocycles. The Kier molecular flexibility index (Phi) is 10.3. The summed E-state index contributed by atoms with van der Waals surface area (Å²) in [6.07, 6.45) is 1.89. The maximum absolute atomic E-state index is 9.84. The molecule has 0 amide bonds. The molecule has 0 aromatic carbocycles. The first-order valence-corrected chi connectivity index (χ1v) is 3.40. The van der Waals surface area contributed by atoms with Gasteiger partial charge >= 0.3 is 5.97 Å². The van der Waals surface area contributed by atoms with Gasteiger partial charge in [-0.1, -0.05) is 20.1 Å². The minimum atomic E-state index is -0.394. The summed E-state index contributed by atoms with van der Waals surface area (Å²) in [6.45, 7) is 8.50. The monoisotopic (exact) mass is 167 g/mol. The summed E-state index contributed by atoms with van der Waals surface area (Å²) in [7, 11) is 1.31. The lowest BCUT2D eigenvalue weighted by atomic mass is 10.3. The van der Waals surface area contributed by atoms with Crippen LogP contribution in [0.3, 0.4) is 0 Å². The summed E-state index contributed by atoms with van der Waals surface area (Å²) >= 11 is 0. The van der Waals surface area contributed by atoms with Gasteiger partial charge in [-0.25, -0.2) is 4.79 Å². The molecule has 3 nitrogen and oxygen atoms in total. The van der Waals surface area contributed by atoms with Crippen LogP contribution in [0.1, 0.15) is 13.3 Å². The van der Waals surface area contributed by atoms with Gasteiger partial charge in [-0.3, -0.25) is 0 Å². The molecule has 12 heavy (non-hydrogen) atoms. The third kappa shape index (κ3) is 11.3. The molecule has 0 aliphatic heterocycles. The summed E-state index contributed by atoms with van der Waals surface area (Å²) in [5.74, 6) is -0.394. The zero-order chi connectivity index (χ0) is 9.98. The Labute approximate surface area is 73.0 Å². The zero-order valence-corrected chi connectivity index (χ0v) is 7.46. The van der Waals surface area contributed by atoms with Crippen LogP contribution in [-0.2, 0) is 9.53 Å². The number of nitriles is 1. The quantitative estimate of drug-likeness (QED) is 0.358. The van der Waals surface area contributed by atoms with Gasteiger partial charge in [0.05, 0.1) is 13.2 Å². The van der Waals surface area contributed by atoms with E-state index in [2.05, 4.69) is 17.9 Å². The molecule has 0 saturated heterocycles. The van der Waals surface area contributed by atoms with Crippen molar-refractivity contribution in [2.24, 2.45) is 0 Å². The van der Waals surface area contributed by atoms with E-state index in [0.717, 1.165) is 12.5 Å². The average molecular weight is 167 g/mol. The molecule has 3 heteroatoms. The van der Waals surface area contributed by atoms with Crippen molar-refractivity contribution in [2.45, 2.75) is 13.3 Å². The Morgan fingerprint density at radius 3 is 2.25 bits per heavy atom. The molecule has 0 atom stereocenters. The lowest BCUT2D eigenvalue weighted by Crippen LogP contribution is -1.91. The molecule has 66 valence electrons. The number of carbonyl (C=O) groups is 1. The summed E-state index contributed by atoms with van der Waals surface area (Å²) in [5.41, 5.74) is 0.648. The SMILES string of the molecule is C=C(C#N)CC.C=CC(=O)OC. The molecule has 0 saturated carbocycles. The number of allylic oxidation sites excluding steroid dienone is 1. The van der Waals surface area contributed by atoms with E-state index in [1.54, 1.807) is 0 Å². The van der Waals surface area contributed by atoms with Crippen LogP contribution < -0.4 is 0 Å². The third-order valence-corrected chi connectivity index (χ3v) is 0.953. The zero-order valence-electron chi connectivity index (χ0n) is 7.46. The van der Waals surface area contributed by atoms with Crippen LogP contribution in [0.4, 0.5) is 0 Å². The number of hydrogen-bond donors (Lipinski definition) is 0. The minimum absolute atomic E-state index is 0.394. The molecule has 0 unspecified atom stereocenters. The molecule has 0 N–H and O–H groups in total. The van der Waals surface area contributed by atoms with Gasteiger partial charge in [0, 0.05) is 11.6 Å². The molecule has 0 fully saturated rings. The van der Waals surface area contributed by atoms with Gasteiger partial charge in [0.15, 0.2) is 0 Å². The summed E-state index contributed by atoms with van der Waals surface area (Å²) in [5, 5.41) is 7.99. The number of rotatable bonds is 2. The normalized spacial score (nSPS) is 6.75. The van der Waals surface area contributed by atoms with Crippen molar-refractivity contribution in [2.75, 3.05) is 7.11 Å². The predicted octanol–water partition coefficient (Wildman–Crippen LogP) is 1.82. The summed E-state index contributed by atoms with van der Waals surface area (Å²) in [4.78, 5) is 9.84. The molecule has 0 spiro atoms. The van der Waals surface area contributed by atoms with Crippen molar-refractivity contribution < 1.29 is 9.53 Å². The van der Waals surface area contributed by atoms with Crippen molar-refractivity contribution in [3.05, 3.63) is 24.8 Å². The smallest absolute Gasteiger partial charge is 0.329 e. The van der Waals surface area contributed by atoms with E-state index < -0.39 is 5.97 Å². The predicted molar refractivity (Wildman–Crippen MR) is 47.3 cm³/mol. The van der Waals surface area contributed by atoms with Gasteiger partial charge < -0.3 is 4.74 Å². The molecule has 0 aliphatic rings. The van der Waals surface area contributed by atoms with Crippen molar-refractivity contribution in [1.82, 2.24) is 0 Å². The standard InChI is InChI=1S/C5H7N.C4H6O2/c1-3-5(2)4-6;1-3-4(5)6-2/h2-3H2,1H3;3H,1H2,2H3. The highest BCUT2D eigenvalue weighted by Crippen LogP contribution is 1.89. The largest absolute Gasteiger partial charge is 0.466 e. The van der Waals surface area contributed by atoms with Crippen LogP contribution >= 0.6 is 0 Å². The van der Waals surface area contributed by atoms with Crippen LogP contribution in [0, 0.1) is 11.3 Å². The Hall–Kier alpha value is -1.56. The molecule has 0 aliphatic carbocycles. The Morgan fingerprint density at radius 1 is 1.75 bits per heavy atom. The highest BCUT2D eigenvalue weighted by molar-refractivity contribution is 5.80. The Morgan fingerprint density at radius 2 is 2.25 bits per heavy atom. The van der Waals surface area contributed by atoms with Crippen molar-refractivity contribution in [3.63, 3.8) is 0 Å². The number of nitrogens with zero attached hydrogens (tertiary/aromatic N) is 1. The van der Waals surface area contributed by atoms with Crippen LogP contribution in [-0.4, -0.2) is 13.1 Å². The van der Waals surface area contributed by atoms with E-state index in [1.807, 2.05) is 13.0 Å². The Balaban J connectivity index is 0.